The van der Waals surface area contributed by atoms with E-state index in [9.17, 15) is 9.59 Å². The van der Waals surface area contributed by atoms with Crippen LogP contribution >= 0.6 is 0 Å². The molecule has 2 amide bonds. The highest BCUT2D eigenvalue weighted by molar-refractivity contribution is 5.99. The normalized spacial score (nSPS) is 16.2. The van der Waals surface area contributed by atoms with Gasteiger partial charge in [-0.05, 0) is 23.3 Å². The Kier molecular flexibility index (Phi) is 3.64. The molecule has 0 radical (unpaired) electrons. The summed E-state index contributed by atoms with van der Waals surface area (Å²) in [5, 5.41) is 5.68. The van der Waals surface area contributed by atoms with Crippen molar-refractivity contribution in [3.63, 3.8) is 0 Å². The van der Waals surface area contributed by atoms with Gasteiger partial charge in [0.1, 0.15) is 0 Å². The van der Waals surface area contributed by atoms with Gasteiger partial charge in [0.2, 0.25) is 5.91 Å². The molecule has 106 valence electrons. The number of nitrogens with one attached hydrogen (secondary N) is 2. The van der Waals surface area contributed by atoms with E-state index in [2.05, 4.69) is 15.6 Å². The molecule has 5 heteroatoms. The van der Waals surface area contributed by atoms with Crippen molar-refractivity contribution in [1.29, 1.82) is 0 Å². The Labute approximate surface area is 122 Å². The first kappa shape index (κ1) is 13.3. The van der Waals surface area contributed by atoms with Crippen LogP contribution in [0.25, 0.3) is 0 Å². The summed E-state index contributed by atoms with van der Waals surface area (Å²) in [7, 11) is 0. The fourth-order valence-corrected chi connectivity index (χ4v) is 2.44. The predicted molar refractivity (Wildman–Crippen MR) is 77.3 cm³/mol. The second kappa shape index (κ2) is 5.75. The van der Waals surface area contributed by atoms with E-state index < -0.39 is 0 Å². The maximum atomic E-state index is 12.0. The number of amides is 2. The zero-order chi connectivity index (χ0) is 14.7. The van der Waals surface area contributed by atoms with Crippen LogP contribution in [0, 0.1) is 0 Å². The Morgan fingerprint density at radius 1 is 1.24 bits per heavy atom. The lowest BCUT2D eigenvalue weighted by Crippen LogP contribution is -2.28. The smallest absolute Gasteiger partial charge is 0.252 e. The van der Waals surface area contributed by atoms with E-state index in [4.69, 9.17) is 0 Å². The number of rotatable bonds is 4. The molecule has 2 aromatic rings. The molecule has 1 atom stereocenters. The van der Waals surface area contributed by atoms with Gasteiger partial charge in [0, 0.05) is 24.5 Å². The lowest BCUT2D eigenvalue weighted by atomic mass is 10.0. The van der Waals surface area contributed by atoms with Crippen LogP contribution in [0.4, 0.5) is 0 Å². The van der Waals surface area contributed by atoms with Crippen LogP contribution in [0.15, 0.2) is 48.8 Å². The lowest BCUT2D eigenvalue weighted by Gasteiger charge is -2.11. The summed E-state index contributed by atoms with van der Waals surface area (Å²) in [5.41, 5.74) is 2.49. The van der Waals surface area contributed by atoms with Crippen molar-refractivity contribution < 1.29 is 9.59 Å². The topological polar surface area (TPSA) is 71.1 Å². The van der Waals surface area contributed by atoms with Crippen molar-refractivity contribution in [3.8, 4) is 0 Å². The maximum Gasteiger partial charge on any atom is 0.252 e. The van der Waals surface area contributed by atoms with E-state index in [1.807, 2.05) is 30.3 Å². The molecule has 0 fully saturated rings. The predicted octanol–water partition coefficient (Wildman–Crippen LogP) is 1.57. The SMILES string of the molecule is O=C(C[C@H]1NC(=O)c2ccccc21)NCc1cccnc1. The van der Waals surface area contributed by atoms with Crippen LogP contribution in [0.2, 0.25) is 0 Å². The van der Waals surface area contributed by atoms with Crippen LogP contribution in [0.5, 0.6) is 0 Å². The standard InChI is InChI=1S/C16H15N3O2/c20-15(18-10-11-4-3-7-17-9-11)8-14-12-5-1-2-6-13(12)16(21)19-14/h1-7,9,14H,8,10H2,(H,18,20)(H,19,21)/t14-/m1/s1. The highest BCUT2D eigenvalue weighted by Gasteiger charge is 2.29. The molecule has 0 saturated carbocycles. The minimum Gasteiger partial charge on any atom is -0.352 e. The van der Waals surface area contributed by atoms with E-state index in [1.165, 1.54) is 0 Å². The first-order valence-corrected chi connectivity index (χ1v) is 6.79. The number of benzene rings is 1. The Balaban J connectivity index is 1.60. The molecule has 1 aromatic carbocycles. The number of pyridine rings is 1. The molecule has 3 rings (SSSR count). The number of aromatic nitrogens is 1. The number of carbonyl (C=O) groups is 2. The third-order valence-electron chi connectivity index (χ3n) is 3.49. The fraction of sp³-hybridized carbons (Fsp3) is 0.188. The average Bonchev–Trinajstić information content (AvgIpc) is 2.83. The Morgan fingerprint density at radius 2 is 2.10 bits per heavy atom. The van der Waals surface area contributed by atoms with E-state index >= 15 is 0 Å². The molecule has 2 heterocycles. The second-order valence-electron chi connectivity index (χ2n) is 4.96. The summed E-state index contributed by atoms with van der Waals surface area (Å²) in [6, 6.07) is 10.8. The highest BCUT2D eigenvalue weighted by atomic mass is 16.2. The molecule has 21 heavy (non-hydrogen) atoms. The van der Waals surface area contributed by atoms with E-state index in [0.29, 0.717) is 12.1 Å². The molecule has 2 N–H and O–H groups in total. The second-order valence-corrected chi connectivity index (χ2v) is 4.96. The van der Waals surface area contributed by atoms with Crippen molar-refractivity contribution in [2.24, 2.45) is 0 Å². The highest BCUT2D eigenvalue weighted by Crippen LogP contribution is 2.27. The quantitative estimate of drug-likeness (QED) is 0.893. The number of nitrogens with zero attached hydrogens (tertiary/aromatic N) is 1. The molecule has 1 aromatic heterocycles. The van der Waals surface area contributed by atoms with Crippen molar-refractivity contribution in [1.82, 2.24) is 15.6 Å². The Morgan fingerprint density at radius 3 is 2.90 bits per heavy atom. The lowest BCUT2D eigenvalue weighted by molar-refractivity contribution is -0.121. The van der Waals surface area contributed by atoms with Gasteiger partial charge in [0.15, 0.2) is 0 Å². The summed E-state index contributed by atoms with van der Waals surface area (Å²) in [5.74, 6) is -0.212. The van der Waals surface area contributed by atoms with Crippen LogP contribution in [0.1, 0.15) is 33.9 Å². The monoisotopic (exact) mass is 281 g/mol. The zero-order valence-corrected chi connectivity index (χ0v) is 11.4. The Hall–Kier alpha value is -2.69. The number of hydrogen-bond acceptors (Lipinski definition) is 3. The van der Waals surface area contributed by atoms with Crippen LogP contribution < -0.4 is 10.6 Å². The summed E-state index contributed by atoms with van der Waals surface area (Å²) in [6.45, 7) is 0.439. The van der Waals surface area contributed by atoms with Gasteiger partial charge in [0.25, 0.3) is 5.91 Å². The van der Waals surface area contributed by atoms with Crippen molar-refractivity contribution in [2.75, 3.05) is 0 Å². The van der Waals surface area contributed by atoms with Crippen LogP contribution in [-0.4, -0.2) is 16.8 Å². The van der Waals surface area contributed by atoms with Gasteiger partial charge in [-0.3, -0.25) is 14.6 Å². The number of carbonyl (C=O) groups excluding carboxylic acids is 2. The molecule has 0 unspecified atom stereocenters. The fourth-order valence-electron chi connectivity index (χ4n) is 2.44. The van der Waals surface area contributed by atoms with Gasteiger partial charge in [-0.2, -0.15) is 0 Å². The van der Waals surface area contributed by atoms with Gasteiger partial charge >= 0.3 is 0 Å². The molecular weight excluding hydrogens is 266 g/mol. The molecular formula is C16H15N3O2. The summed E-state index contributed by atoms with van der Waals surface area (Å²) < 4.78 is 0. The van der Waals surface area contributed by atoms with Crippen molar-refractivity contribution in [2.45, 2.75) is 19.0 Å². The molecule has 5 nitrogen and oxygen atoms in total. The van der Waals surface area contributed by atoms with Gasteiger partial charge in [-0.25, -0.2) is 0 Å². The Bertz CT molecular complexity index is 670. The molecule has 0 spiro atoms. The van der Waals surface area contributed by atoms with Gasteiger partial charge in [0.05, 0.1) is 12.5 Å². The molecule has 0 bridgehead atoms. The van der Waals surface area contributed by atoms with Crippen molar-refractivity contribution >= 4 is 11.8 Å². The molecule has 0 aliphatic carbocycles. The van der Waals surface area contributed by atoms with Crippen LogP contribution in [-0.2, 0) is 11.3 Å². The summed E-state index contributed by atoms with van der Waals surface area (Å²) in [4.78, 5) is 27.8. The summed E-state index contributed by atoms with van der Waals surface area (Å²) in [6.07, 6.45) is 3.65. The molecule has 0 saturated heterocycles. The summed E-state index contributed by atoms with van der Waals surface area (Å²) >= 11 is 0. The number of fused-ring (bicyclic) bond motifs is 1. The van der Waals surface area contributed by atoms with Crippen molar-refractivity contribution in [3.05, 3.63) is 65.5 Å². The first-order valence-electron chi connectivity index (χ1n) is 6.79. The van der Waals surface area contributed by atoms with Gasteiger partial charge in [-0.15, -0.1) is 0 Å². The van der Waals surface area contributed by atoms with Gasteiger partial charge in [-0.1, -0.05) is 24.3 Å². The number of hydrogen-bond donors (Lipinski definition) is 2. The molecule has 1 aliphatic rings. The van der Waals surface area contributed by atoms with E-state index in [-0.39, 0.29) is 24.3 Å². The zero-order valence-electron chi connectivity index (χ0n) is 11.4. The minimum absolute atomic E-state index is 0.0964. The molecule has 1 aliphatic heterocycles. The third kappa shape index (κ3) is 2.91. The van der Waals surface area contributed by atoms with E-state index in [0.717, 1.165) is 11.1 Å². The minimum atomic E-state index is -0.248. The first-order chi connectivity index (χ1) is 10.2. The van der Waals surface area contributed by atoms with E-state index in [1.54, 1.807) is 18.5 Å². The average molecular weight is 281 g/mol. The third-order valence-corrected chi connectivity index (χ3v) is 3.49. The largest absolute Gasteiger partial charge is 0.352 e. The maximum absolute atomic E-state index is 12.0. The van der Waals surface area contributed by atoms with Gasteiger partial charge < -0.3 is 10.6 Å². The van der Waals surface area contributed by atoms with Crippen LogP contribution in [0.3, 0.4) is 0 Å².